The number of benzene rings is 6. The average molecular weight is 394 g/mol. The van der Waals surface area contributed by atoms with Crippen LogP contribution in [0.3, 0.4) is 0 Å². The van der Waals surface area contributed by atoms with Crippen molar-refractivity contribution in [3.63, 3.8) is 0 Å². The molecule has 0 atom stereocenters. The maximum Gasteiger partial charge on any atom is 0.143 e. The van der Waals surface area contributed by atoms with Crippen molar-refractivity contribution in [3.8, 4) is 11.1 Å². The molecule has 0 spiro atoms. The molecule has 1 nitrogen and oxygen atoms in total. The molecular weight excluding hydrogens is 376 g/mol. The first kappa shape index (κ1) is 16.7. The summed E-state index contributed by atoms with van der Waals surface area (Å²) in [6.07, 6.45) is 0. The smallest absolute Gasteiger partial charge is 0.143 e. The van der Waals surface area contributed by atoms with E-state index in [2.05, 4.69) is 97.1 Å². The number of hydrogen-bond acceptors (Lipinski definition) is 1. The molecule has 0 amide bonds. The number of fused-ring (bicyclic) bond motifs is 9. The highest BCUT2D eigenvalue weighted by molar-refractivity contribution is 6.26. The standard InChI is InChI=1S/C30H18O/c1-2-10-23-21(8-1)22-9-3-4-11-24(22)28-18-19(16-17-25(23)28)20-13-7-14-27-26-12-5-6-15-29(26)31-30(20)27/h1-18H. The maximum absolute atomic E-state index is 6.31. The second kappa shape index (κ2) is 6.20. The number of furan rings is 1. The number of para-hydroxylation sites is 2. The maximum atomic E-state index is 6.31. The third-order valence-electron chi connectivity index (χ3n) is 6.46. The van der Waals surface area contributed by atoms with E-state index in [-0.39, 0.29) is 0 Å². The molecule has 6 aromatic carbocycles. The van der Waals surface area contributed by atoms with Crippen LogP contribution >= 0.6 is 0 Å². The van der Waals surface area contributed by atoms with E-state index in [1.807, 2.05) is 12.1 Å². The van der Waals surface area contributed by atoms with Crippen LogP contribution in [0.5, 0.6) is 0 Å². The Labute approximate surface area is 179 Å². The summed E-state index contributed by atoms with van der Waals surface area (Å²) in [6, 6.07) is 38.9. The summed E-state index contributed by atoms with van der Waals surface area (Å²) >= 11 is 0. The second-order valence-electron chi connectivity index (χ2n) is 8.13. The van der Waals surface area contributed by atoms with E-state index < -0.39 is 0 Å². The predicted octanol–water partition coefficient (Wildman–Crippen LogP) is 8.71. The van der Waals surface area contributed by atoms with Crippen LogP contribution in [0.1, 0.15) is 0 Å². The van der Waals surface area contributed by atoms with Gasteiger partial charge in [0.05, 0.1) is 0 Å². The molecular formula is C30H18O. The second-order valence-corrected chi connectivity index (χ2v) is 8.13. The Kier molecular flexibility index (Phi) is 3.33. The highest BCUT2D eigenvalue weighted by Crippen LogP contribution is 2.40. The summed E-state index contributed by atoms with van der Waals surface area (Å²) in [5, 5.41) is 10.1. The molecule has 1 heterocycles. The van der Waals surface area contributed by atoms with E-state index in [1.165, 1.54) is 37.9 Å². The van der Waals surface area contributed by atoms with Crippen LogP contribution in [0.4, 0.5) is 0 Å². The van der Waals surface area contributed by atoms with E-state index >= 15 is 0 Å². The van der Waals surface area contributed by atoms with Gasteiger partial charge in [-0.1, -0.05) is 97.1 Å². The molecule has 144 valence electrons. The summed E-state index contributed by atoms with van der Waals surface area (Å²) < 4.78 is 6.31. The van der Waals surface area contributed by atoms with E-state index in [0.29, 0.717) is 0 Å². The van der Waals surface area contributed by atoms with Crippen molar-refractivity contribution in [2.24, 2.45) is 0 Å². The number of rotatable bonds is 1. The first-order valence-electron chi connectivity index (χ1n) is 10.6. The van der Waals surface area contributed by atoms with Crippen LogP contribution in [-0.2, 0) is 0 Å². The lowest BCUT2D eigenvalue weighted by molar-refractivity contribution is 0.670. The Morgan fingerprint density at radius 3 is 1.65 bits per heavy atom. The van der Waals surface area contributed by atoms with Gasteiger partial charge in [0.1, 0.15) is 11.2 Å². The van der Waals surface area contributed by atoms with Crippen molar-refractivity contribution in [1.82, 2.24) is 0 Å². The molecule has 7 aromatic rings. The van der Waals surface area contributed by atoms with Crippen LogP contribution in [-0.4, -0.2) is 0 Å². The fourth-order valence-corrected chi connectivity index (χ4v) is 5.05. The Bertz CT molecular complexity index is 1750. The van der Waals surface area contributed by atoms with Gasteiger partial charge in [0.15, 0.2) is 0 Å². The Morgan fingerprint density at radius 2 is 0.935 bits per heavy atom. The van der Waals surface area contributed by atoms with Gasteiger partial charge in [-0.25, -0.2) is 0 Å². The van der Waals surface area contributed by atoms with Crippen LogP contribution in [0.15, 0.2) is 114 Å². The van der Waals surface area contributed by atoms with Gasteiger partial charge in [-0.3, -0.25) is 0 Å². The SMILES string of the molecule is c1ccc2c(c1)oc1c(-c3ccc4c5ccccc5c5ccccc5c4c3)cccc12. The van der Waals surface area contributed by atoms with Gasteiger partial charge < -0.3 is 4.42 Å². The van der Waals surface area contributed by atoms with Gasteiger partial charge >= 0.3 is 0 Å². The third-order valence-corrected chi connectivity index (χ3v) is 6.46. The van der Waals surface area contributed by atoms with Gasteiger partial charge in [-0.05, 0) is 50.0 Å². The van der Waals surface area contributed by atoms with Crippen molar-refractivity contribution < 1.29 is 4.42 Å². The Hall–Kier alpha value is -4.10. The zero-order chi connectivity index (χ0) is 20.4. The van der Waals surface area contributed by atoms with Crippen molar-refractivity contribution in [3.05, 3.63) is 109 Å². The van der Waals surface area contributed by atoms with Gasteiger partial charge in [0, 0.05) is 16.3 Å². The van der Waals surface area contributed by atoms with Gasteiger partial charge in [0.2, 0.25) is 0 Å². The minimum absolute atomic E-state index is 0.933. The first-order chi connectivity index (χ1) is 15.4. The highest BCUT2D eigenvalue weighted by atomic mass is 16.3. The molecule has 1 aromatic heterocycles. The van der Waals surface area contributed by atoms with E-state index in [1.54, 1.807) is 0 Å². The molecule has 0 N–H and O–H groups in total. The molecule has 0 aliphatic heterocycles. The molecule has 0 fully saturated rings. The first-order valence-corrected chi connectivity index (χ1v) is 10.6. The fourth-order valence-electron chi connectivity index (χ4n) is 5.05. The highest BCUT2D eigenvalue weighted by Gasteiger charge is 2.14. The lowest BCUT2D eigenvalue weighted by atomic mass is 9.92. The lowest BCUT2D eigenvalue weighted by Gasteiger charge is -2.12. The van der Waals surface area contributed by atoms with E-state index in [0.717, 1.165) is 27.5 Å². The Morgan fingerprint density at radius 1 is 0.387 bits per heavy atom. The van der Waals surface area contributed by atoms with Crippen LogP contribution in [0.25, 0.3) is 65.4 Å². The summed E-state index contributed by atoms with van der Waals surface area (Å²) in [5.41, 5.74) is 4.20. The fraction of sp³-hybridized carbons (Fsp3) is 0. The van der Waals surface area contributed by atoms with Crippen LogP contribution in [0.2, 0.25) is 0 Å². The molecule has 0 aliphatic carbocycles. The molecule has 0 saturated carbocycles. The van der Waals surface area contributed by atoms with Gasteiger partial charge in [-0.2, -0.15) is 0 Å². The van der Waals surface area contributed by atoms with E-state index in [4.69, 9.17) is 4.42 Å². The summed E-state index contributed by atoms with van der Waals surface area (Å²) in [6.45, 7) is 0. The molecule has 0 unspecified atom stereocenters. The summed E-state index contributed by atoms with van der Waals surface area (Å²) in [7, 11) is 0. The zero-order valence-electron chi connectivity index (χ0n) is 16.8. The molecule has 1 heteroatoms. The average Bonchev–Trinajstić information content (AvgIpc) is 3.23. The van der Waals surface area contributed by atoms with Crippen LogP contribution in [0, 0.1) is 0 Å². The predicted molar refractivity (Wildman–Crippen MR) is 132 cm³/mol. The minimum atomic E-state index is 0.933. The normalized spacial score (nSPS) is 11.9. The molecule has 0 radical (unpaired) electrons. The van der Waals surface area contributed by atoms with E-state index in [9.17, 15) is 0 Å². The quantitative estimate of drug-likeness (QED) is 0.254. The van der Waals surface area contributed by atoms with Crippen molar-refractivity contribution in [2.45, 2.75) is 0 Å². The van der Waals surface area contributed by atoms with Crippen molar-refractivity contribution in [2.75, 3.05) is 0 Å². The molecule has 31 heavy (non-hydrogen) atoms. The van der Waals surface area contributed by atoms with Gasteiger partial charge in [-0.15, -0.1) is 0 Å². The zero-order valence-corrected chi connectivity index (χ0v) is 16.8. The molecule has 0 bridgehead atoms. The molecule has 0 saturated heterocycles. The molecule has 0 aliphatic rings. The largest absolute Gasteiger partial charge is 0.455 e. The summed E-state index contributed by atoms with van der Waals surface area (Å²) in [5.74, 6) is 0. The third kappa shape index (κ3) is 2.32. The van der Waals surface area contributed by atoms with Gasteiger partial charge in [0.25, 0.3) is 0 Å². The monoisotopic (exact) mass is 394 g/mol. The van der Waals surface area contributed by atoms with Crippen molar-refractivity contribution in [1.29, 1.82) is 0 Å². The lowest BCUT2D eigenvalue weighted by Crippen LogP contribution is -1.85. The molecule has 7 rings (SSSR count). The number of hydrogen-bond donors (Lipinski definition) is 0. The summed E-state index contributed by atoms with van der Waals surface area (Å²) in [4.78, 5) is 0. The minimum Gasteiger partial charge on any atom is -0.455 e. The topological polar surface area (TPSA) is 13.1 Å². The Balaban J connectivity index is 1.60. The van der Waals surface area contributed by atoms with Crippen LogP contribution < -0.4 is 0 Å². The van der Waals surface area contributed by atoms with Crippen molar-refractivity contribution >= 4 is 54.3 Å².